The third-order valence-corrected chi connectivity index (χ3v) is 2.65. The highest BCUT2D eigenvalue weighted by Gasteiger charge is 2.03. The normalized spacial score (nSPS) is 10.9. The number of hydrogen-bond acceptors (Lipinski definition) is 2. The fourth-order valence-electron chi connectivity index (χ4n) is 1.93. The molecule has 3 aromatic rings. The number of hydrogen-bond donors (Lipinski definition) is 1. The Labute approximate surface area is 87.4 Å². The van der Waals surface area contributed by atoms with E-state index in [1.54, 1.807) is 0 Å². The van der Waals surface area contributed by atoms with Gasteiger partial charge in [0.1, 0.15) is 0 Å². The summed E-state index contributed by atoms with van der Waals surface area (Å²) in [4.78, 5) is 4.39. The van der Waals surface area contributed by atoms with E-state index >= 15 is 0 Å². The molecule has 0 aliphatic carbocycles. The van der Waals surface area contributed by atoms with Gasteiger partial charge in [-0.3, -0.25) is 4.98 Å². The summed E-state index contributed by atoms with van der Waals surface area (Å²) in [6, 6.07) is 14.0. The van der Waals surface area contributed by atoms with E-state index in [9.17, 15) is 0 Å². The largest absolute Gasteiger partial charge is 0.398 e. The van der Waals surface area contributed by atoms with Gasteiger partial charge in [-0.05, 0) is 17.5 Å². The van der Waals surface area contributed by atoms with E-state index in [0.717, 1.165) is 22.0 Å². The summed E-state index contributed by atoms with van der Waals surface area (Å²) in [5, 5.41) is 3.35. The zero-order valence-electron chi connectivity index (χ0n) is 8.14. The first-order valence-electron chi connectivity index (χ1n) is 4.88. The molecule has 2 N–H and O–H groups in total. The molecule has 0 saturated carbocycles. The van der Waals surface area contributed by atoms with Gasteiger partial charge in [-0.2, -0.15) is 0 Å². The van der Waals surface area contributed by atoms with E-state index in [1.807, 2.05) is 42.6 Å². The monoisotopic (exact) mass is 194 g/mol. The molecule has 0 spiro atoms. The minimum Gasteiger partial charge on any atom is -0.398 e. The van der Waals surface area contributed by atoms with Gasteiger partial charge >= 0.3 is 0 Å². The lowest BCUT2D eigenvalue weighted by molar-refractivity contribution is 1.44. The Hall–Kier alpha value is -2.09. The first kappa shape index (κ1) is 8.24. The molecule has 0 amide bonds. The molecule has 2 aromatic carbocycles. The molecule has 0 aliphatic heterocycles. The van der Waals surface area contributed by atoms with Crippen molar-refractivity contribution in [2.45, 2.75) is 0 Å². The Morgan fingerprint density at radius 1 is 0.933 bits per heavy atom. The van der Waals surface area contributed by atoms with Gasteiger partial charge in [0.25, 0.3) is 0 Å². The molecule has 0 aliphatic rings. The van der Waals surface area contributed by atoms with Crippen molar-refractivity contribution in [3.8, 4) is 0 Å². The quantitative estimate of drug-likeness (QED) is 0.441. The minimum atomic E-state index is 0.789. The maximum Gasteiger partial charge on any atom is 0.0729 e. The Bertz CT molecular complexity index is 644. The van der Waals surface area contributed by atoms with Crippen LogP contribution in [0.15, 0.2) is 48.7 Å². The van der Waals surface area contributed by atoms with E-state index in [2.05, 4.69) is 11.1 Å². The molecular formula is C13H10N2. The highest BCUT2D eigenvalue weighted by atomic mass is 14.7. The highest BCUT2D eigenvalue weighted by Crippen LogP contribution is 2.27. The SMILES string of the molecule is Nc1cccc2ncc3ccccc3c12. The van der Waals surface area contributed by atoms with Crippen molar-refractivity contribution < 1.29 is 0 Å². The topological polar surface area (TPSA) is 38.9 Å². The van der Waals surface area contributed by atoms with Crippen LogP contribution in [-0.4, -0.2) is 4.98 Å². The number of nitrogen functional groups attached to an aromatic ring is 1. The van der Waals surface area contributed by atoms with Crippen molar-refractivity contribution in [2.24, 2.45) is 0 Å². The van der Waals surface area contributed by atoms with Crippen LogP contribution in [0.3, 0.4) is 0 Å². The Morgan fingerprint density at radius 2 is 1.80 bits per heavy atom. The predicted molar refractivity (Wildman–Crippen MR) is 63.7 cm³/mol. The molecule has 3 rings (SSSR count). The molecule has 0 radical (unpaired) electrons. The lowest BCUT2D eigenvalue weighted by Crippen LogP contribution is -1.89. The Morgan fingerprint density at radius 3 is 2.73 bits per heavy atom. The summed E-state index contributed by atoms with van der Waals surface area (Å²) in [5.74, 6) is 0. The van der Waals surface area contributed by atoms with Gasteiger partial charge in [0.2, 0.25) is 0 Å². The molecule has 2 nitrogen and oxygen atoms in total. The van der Waals surface area contributed by atoms with Crippen LogP contribution in [0, 0.1) is 0 Å². The molecule has 15 heavy (non-hydrogen) atoms. The van der Waals surface area contributed by atoms with Gasteiger partial charge in [0.05, 0.1) is 5.52 Å². The van der Waals surface area contributed by atoms with Crippen LogP contribution in [-0.2, 0) is 0 Å². The summed E-state index contributed by atoms with van der Waals surface area (Å²) in [6.45, 7) is 0. The summed E-state index contributed by atoms with van der Waals surface area (Å²) >= 11 is 0. The van der Waals surface area contributed by atoms with Crippen LogP contribution in [0.25, 0.3) is 21.7 Å². The van der Waals surface area contributed by atoms with Crippen LogP contribution < -0.4 is 5.73 Å². The molecule has 0 atom stereocenters. The van der Waals surface area contributed by atoms with Gasteiger partial charge in [-0.25, -0.2) is 0 Å². The van der Waals surface area contributed by atoms with Gasteiger partial charge in [-0.15, -0.1) is 0 Å². The second kappa shape index (κ2) is 2.95. The number of aromatic nitrogens is 1. The minimum absolute atomic E-state index is 0.789. The molecule has 72 valence electrons. The van der Waals surface area contributed by atoms with Gasteiger partial charge in [0.15, 0.2) is 0 Å². The first-order valence-corrected chi connectivity index (χ1v) is 4.88. The maximum absolute atomic E-state index is 5.98. The summed E-state index contributed by atoms with van der Waals surface area (Å²) < 4.78 is 0. The standard InChI is InChI=1S/C13H10N2/c14-11-6-3-7-12-13(11)10-5-2-1-4-9(10)8-15-12/h1-8H,14H2. The van der Waals surface area contributed by atoms with Crippen LogP contribution in [0.5, 0.6) is 0 Å². The van der Waals surface area contributed by atoms with Crippen LogP contribution >= 0.6 is 0 Å². The predicted octanol–water partition coefficient (Wildman–Crippen LogP) is 2.97. The number of nitrogens with zero attached hydrogens (tertiary/aromatic N) is 1. The number of benzene rings is 2. The molecule has 0 bridgehead atoms. The number of nitrogens with two attached hydrogens (primary N) is 1. The summed E-state index contributed by atoms with van der Waals surface area (Å²) in [5.41, 5.74) is 7.72. The molecule has 1 heterocycles. The van der Waals surface area contributed by atoms with Gasteiger partial charge in [-0.1, -0.05) is 30.3 Å². The number of rotatable bonds is 0. The van der Waals surface area contributed by atoms with E-state index in [0.29, 0.717) is 0 Å². The van der Waals surface area contributed by atoms with Gasteiger partial charge in [0, 0.05) is 22.7 Å². The Kier molecular flexibility index (Phi) is 1.62. The fourth-order valence-corrected chi connectivity index (χ4v) is 1.93. The average Bonchev–Trinajstić information content (AvgIpc) is 2.29. The Balaban J connectivity index is 2.64. The molecular weight excluding hydrogens is 184 g/mol. The molecule has 0 unspecified atom stereocenters. The zero-order chi connectivity index (χ0) is 10.3. The molecule has 0 saturated heterocycles. The van der Waals surface area contributed by atoms with Crippen LogP contribution in [0.1, 0.15) is 0 Å². The van der Waals surface area contributed by atoms with Crippen molar-refractivity contribution in [3.63, 3.8) is 0 Å². The van der Waals surface area contributed by atoms with E-state index in [1.165, 1.54) is 5.39 Å². The van der Waals surface area contributed by atoms with Crippen molar-refractivity contribution in [2.75, 3.05) is 5.73 Å². The second-order valence-electron chi connectivity index (χ2n) is 3.59. The lowest BCUT2D eigenvalue weighted by Gasteiger charge is -2.05. The number of pyridine rings is 1. The third kappa shape index (κ3) is 1.15. The third-order valence-electron chi connectivity index (χ3n) is 2.65. The van der Waals surface area contributed by atoms with Crippen molar-refractivity contribution in [1.82, 2.24) is 4.98 Å². The molecule has 2 heteroatoms. The summed E-state index contributed by atoms with van der Waals surface area (Å²) in [7, 11) is 0. The van der Waals surface area contributed by atoms with Gasteiger partial charge < -0.3 is 5.73 Å². The first-order chi connectivity index (χ1) is 7.36. The lowest BCUT2D eigenvalue weighted by atomic mass is 10.1. The highest BCUT2D eigenvalue weighted by molar-refractivity contribution is 6.10. The molecule has 0 fully saturated rings. The van der Waals surface area contributed by atoms with Crippen molar-refractivity contribution >= 4 is 27.4 Å². The zero-order valence-corrected chi connectivity index (χ0v) is 8.14. The fraction of sp³-hybridized carbons (Fsp3) is 0. The van der Waals surface area contributed by atoms with E-state index in [4.69, 9.17) is 5.73 Å². The smallest absolute Gasteiger partial charge is 0.0729 e. The summed E-state index contributed by atoms with van der Waals surface area (Å²) in [6.07, 6.45) is 1.89. The average molecular weight is 194 g/mol. The maximum atomic E-state index is 5.98. The van der Waals surface area contributed by atoms with Crippen molar-refractivity contribution in [3.05, 3.63) is 48.7 Å². The van der Waals surface area contributed by atoms with Crippen LogP contribution in [0.2, 0.25) is 0 Å². The number of anilines is 1. The van der Waals surface area contributed by atoms with E-state index in [-0.39, 0.29) is 0 Å². The van der Waals surface area contributed by atoms with E-state index < -0.39 is 0 Å². The van der Waals surface area contributed by atoms with Crippen molar-refractivity contribution in [1.29, 1.82) is 0 Å². The second-order valence-corrected chi connectivity index (χ2v) is 3.59. The number of fused-ring (bicyclic) bond motifs is 3. The van der Waals surface area contributed by atoms with Crippen LogP contribution in [0.4, 0.5) is 5.69 Å². The molecule has 1 aromatic heterocycles.